The van der Waals surface area contributed by atoms with Gasteiger partial charge in [0.25, 0.3) is 0 Å². The van der Waals surface area contributed by atoms with Crippen molar-refractivity contribution in [3.63, 3.8) is 0 Å². The summed E-state index contributed by atoms with van der Waals surface area (Å²) in [5.74, 6) is -0.509. The SMILES string of the molecule is CCCCC/C=C\C/C=C\C/C=C\CCCCCCC(CC(=O)NC(CO)C(O)CCCCCCCCCCCCCC)OC(=O)CCCCC/C=C\CCCCCCCC. The molecule has 0 saturated carbocycles. The van der Waals surface area contributed by atoms with Crippen molar-refractivity contribution >= 4 is 11.9 Å². The van der Waals surface area contributed by atoms with Crippen LogP contribution >= 0.6 is 0 Å². The number of carbonyl (C=O) groups excluding carboxylic acids is 2. The first kappa shape index (κ1) is 58.8. The van der Waals surface area contributed by atoms with Crippen LogP contribution in [0.5, 0.6) is 0 Å². The molecule has 356 valence electrons. The fourth-order valence-electron chi connectivity index (χ4n) is 7.84. The highest BCUT2D eigenvalue weighted by Crippen LogP contribution is 2.17. The highest BCUT2D eigenvalue weighted by Gasteiger charge is 2.24. The lowest BCUT2D eigenvalue weighted by molar-refractivity contribution is -0.151. The Morgan fingerprint density at radius 1 is 0.475 bits per heavy atom. The molecular weight excluding hydrogens is 755 g/mol. The minimum Gasteiger partial charge on any atom is -0.462 e. The topological polar surface area (TPSA) is 95.9 Å². The molecule has 0 aromatic carbocycles. The normalized spacial score (nSPS) is 13.6. The Bertz CT molecular complexity index is 1050. The van der Waals surface area contributed by atoms with Crippen molar-refractivity contribution in [2.75, 3.05) is 6.61 Å². The fourth-order valence-corrected chi connectivity index (χ4v) is 7.84. The van der Waals surface area contributed by atoms with Crippen LogP contribution in [-0.4, -0.2) is 46.9 Å². The van der Waals surface area contributed by atoms with Crippen molar-refractivity contribution in [2.45, 2.75) is 283 Å². The highest BCUT2D eigenvalue weighted by molar-refractivity contribution is 5.77. The second-order valence-corrected chi connectivity index (χ2v) is 17.9. The predicted molar refractivity (Wildman–Crippen MR) is 264 cm³/mol. The first-order valence-corrected chi connectivity index (χ1v) is 26.4. The molecule has 0 aliphatic rings. The van der Waals surface area contributed by atoms with Gasteiger partial charge in [-0.15, -0.1) is 0 Å². The number of amides is 1. The number of aliphatic hydroxyl groups is 2. The van der Waals surface area contributed by atoms with Crippen LogP contribution < -0.4 is 5.32 Å². The third kappa shape index (κ3) is 44.2. The standard InChI is InChI=1S/C55H101NO5/c1-4-7-10-13-16-19-22-25-26-27-28-30-31-34-37-40-43-46-51(61-55(60)48-45-42-39-36-33-29-23-20-17-14-11-8-5-2)49-54(59)56-52(50-57)53(58)47-44-41-38-35-32-24-21-18-15-12-9-6-3/h16,19,25-26,28-30,33,51-53,57-58H,4-15,17-18,20-24,27,31-32,34-50H2,1-3H3,(H,56,59)/b19-16-,26-25-,30-28-,33-29-. The lowest BCUT2D eigenvalue weighted by Gasteiger charge is -2.24. The largest absolute Gasteiger partial charge is 0.462 e. The van der Waals surface area contributed by atoms with Crippen LogP contribution in [0.2, 0.25) is 0 Å². The summed E-state index contributed by atoms with van der Waals surface area (Å²) in [6, 6.07) is -0.711. The maximum atomic E-state index is 13.2. The number of unbranched alkanes of at least 4 members (excludes halogenated alkanes) is 27. The van der Waals surface area contributed by atoms with Gasteiger partial charge in [-0.3, -0.25) is 9.59 Å². The van der Waals surface area contributed by atoms with Crippen LogP contribution in [0, 0.1) is 0 Å². The van der Waals surface area contributed by atoms with Crippen molar-refractivity contribution in [3.8, 4) is 0 Å². The molecule has 1 amide bonds. The van der Waals surface area contributed by atoms with E-state index in [2.05, 4.69) is 74.7 Å². The first-order chi connectivity index (χ1) is 30.0. The number of nitrogens with one attached hydrogen (secondary N) is 1. The molecule has 61 heavy (non-hydrogen) atoms. The van der Waals surface area contributed by atoms with Crippen LogP contribution in [0.25, 0.3) is 0 Å². The molecule has 6 nitrogen and oxygen atoms in total. The van der Waals surface area contributed by atoms with Gasteiger partial charge >= 0.3 is 5.97 Å². The van der Waals surface area contributed by atoms with Crippen LogP contribution in [0.15, 0.2) is 48.6 Å². The summed E-state index contributed by atoms with van der Waals surface area (Å²) < 4.78 is 5.92. The van der Waals surface area contributed by atoms with Crippen LogP contribution in [-0.2, 0) is 14.3 Å². The van der Waals surface area contributed by atoms with Crippen LogP contribution in [0.1, 0.15) is 265 Å². The fraction of sp³-hybridized carbons (Fsp3) is 0.818. The molecule has 6 heteroatoms. The van der Waals surface area contributed by atoms with Crippen molar-refractivity contribution in [2.24, 2.45) is 0 Å². The van der Waals surface area contributed by atoms with Gasteiger partial charge in [-0.1, -0.05) is 211 Å². The number of rotatable bonds is 47. The van der Waals surface area contributed by atoms with E-state index in [4.69, 9.17) is 4.74 Å². The molecule has 0 aliphatic carbocycles. The second-order valence-electron chi connectivity index (χ2n) is 17.9. The molecule has 0 aliphatic heterocycles. The maximum absolute atomic E-state index is 13.2. The average molecular weight is 856 g/mol. The lowest BCUT2D eigenvalue weighted by Crippen LogP contribution is -2.46. The molecule has 3 unspecified atom stereocenters. The molecule has 0 fully saturated rings. The predicted octanol–water partition coefficient (Wildman–Crippen LogP) is 15.8. The Hall–Kier alpha value is -2.18. The van der Waals surface area contributed by atoms with Gasteiger partial charge in [0.05, 0.1) is 25.2 Å². The molecule has 0 aromatic heterocycles. The lowest BCUT2D eigenvalue weighted by atomic mass is 10.0. The number of ether oxygens (including phenoxy) is 1. The van der Waals surface area contributed by atoms with Gasteiger partial charge in [0, 0.05) is 6.42 Å². The summed E-state index contributed by atoms with van der Waals surface area (Å²) in [6.07, 6.45) is 58.8. The average Bonchev–Trinajstić information content (AvgIpc) is 3.25. The zero-order valence-electron chi connectivity index (χ0n) is 40.5. The van der Waals surface area contributed by atoms with E-state index in [0.717, 1.165) is 96.3 Å². The molecule has 0 spiro atoms. The van der Waals surface area contributed by atoms with Gasteiger partial charge in [0.2, 0.25) is 5.91 Å². The number of esters is 1. The van der Waals surface area contributed by atoms with E-state index >= 15 is 0 Å². The summed E-state index contributed by atoms with van der Waals surface area (Å²) >= 11 is 0. The first-order valence-electron chi connectivity index (χ1n) is 26.4. The van der Waals surface area contributed by atoms with Crippen molar-refractivity contribution in [1.82, 2.24) is 5.32 Å². The summed E-state index contributed by atoms with van der Waals surface area (Å²) in [5.41, 5.74) is 0. The molecule has 3 N–H and O–H groups in total. The van der Waals surface area contributed by atoms with Crippen LogP contribution in [0.3, 0.4) is 0 Å². The minimum absolute atomic E-state index is 0.0574. The molecule has 0 bridgehead atoms. The van der Waals surface area contributed by atoms with Gasteiger partial charge in [-0.2, -0.15) is 0 Å². The van der Waals surface area contributed by atoms with Crippen LogP contribution in [0.4, 0.5) is 0 Å². The quantitative estimate of drug-likeness (QED) is 0.0322. The summed E-state index contributed by atoms with van der Waals surface area (Å²) in [5, 5.41) is 23.8. The van der Waals surface area contributed by atoms with E-state index in [9.17, 15) is 19.8 Å². The minimum atomic E-state index is -0.796. The van der Waals surface area contributed by atoms with E-state index in [1.807, 2.05) is 0 Å². The number of aliphatic hydroxyl groups excluding tert-OH is 2. The Morgan fingerprint density at radius 3 is 1.31 bits per heavy atom. The van der Waals surface area contributed by atoms with Gasteiger partial charge in [-0.05, 0) is 89.9 Å². The zero-order chi connectivity index (χ0) is 44.5. The molecule has 0 heterocycles. The number of hydrogen-bond donors (Lipinski definition) is 3. The molecule has 0 rings (SSSR count). The van der Waals surface area contributed by atoms with Crippen molar-refractivity contribution in [3.05, 3.63) is 48.6 Å². The van der Waals surface area contributed by atoms with E-state index in [1.54, 1.807) is 0 Å². The highest BCUT2D eigenvalue weighted by atomic mass is 16.5. The Kier molecular flexibility index (Phi) is 47.1. The zero-order valence-corrected chi connectivity index (χ0v) is 40.5. The molecule has 0 radical (unpaired) electrons. The molecular formula is C55H101NO5. The van der Waals surface area contributed by atoms with Gasteiger partial charge < -0.3 is 20.3 Å². The van der Waals surface area contributed by atoms with Crippen molar-refractivity contribution < 1.29 is 24.5 Å². The summed E-state index contributed by atoms with van der Waals surface area (Å²) in [7, 11) is 0. The maximum Gasteiger partial charge on any atom is 0.306 e. The number of carbonyl (C=O) groups is 2. The Morgan fingerprint density at radius 2 is 0.836 bits per heavy atom. The monoisotopic (exact) mass is 856 g/mol. The van der Waals surface area contributed by atoms with E-state index < -0.39 is 18.2 Å². The van der Waals surface area contributed by atoms with Gasteiger partial charge in [-0.25, -0.2) is 0 Å². The van der Waals surface area contributed by atoms with E-state index in [0.29, 0.717) is 19.3 Å². The van der Waals surface area contributed by atoms with Gasteiger partial charge in [0.15, 0.2) is 0 Å². The van der Waals surface area contributed by atoms with Crippen molar-refractivity contribution in [1.29, 1.82) is 0 Å². The molecule has 3 atom stereocenters. The second kappa shape index (κ2) is 48.8. The smallest absolute Gasteiger partial charge is 0.306 e. The Balaban J connectivity index is 4.65. The third-order valence-corrected chi connectivity index (χ3v) is 11.9. The van der Waals surface area contributed by atoms with E-state index in [-0.39, 0.29) is 24.9 Å². The number of allylic oxidation sites excluding steroid dienone is 8. The summed E-state index contributed by atoms with van der Waals surface area (Å²) in [6.45, 7) is 6.44. The summed E-state index contributed by atoms with van der Waals surface area (Å²) in [4.78, 5) is 26.1. The van der Waals surface area contributed by atoms with E-state index in [1.165, 1.54) is 122 Å². The molecule has 0 aromatic rings. The van der Waals surface area contributed by atoms with Gasteiger partial charge in [0.1, 0.15) is 6.10 Å². The number of hydrogen-bond acceptors (Lipinski definition) is 5. The Labute approximate surface area is 378 Å². The third-order valence-electron chi connectivity index (χ3n) is 11.9. The molecule has 0 saturated heterocycles.